The van der Waals surface area contributed by atoms with E-state index in [-0.39, 0.29) is 18.9 Å². The highest BCUT2D eigenvalue weighted by molar-refractivity contribution is 7.92. The summed E-state index contributed by atoms with van der Waals surface area (Å²) in [5.41, 5.74) is 2.40. The number of methoxy groups -OCH3 is 1. The smallest absolute Gasteiger partial charge is 0.232 e. The average molecular weight is 491 g/mol. The molecule has 0 unspecified atom stereocenters. The summed E-state index contributed by atoms with van der Waals surface area (Å²) >= 11 is 6.14. The second kappa shape index (κ2) is 10.7. The Morgan fingerprint density at radius 2 is 1.94 bits per heavy atom. The minimum absolute atomic E-state index is 0.147. The summed E-state index contributed by atoms with van der Waals surface area (Å²) in [5.74, 6) is 1.21. The van der Waals surface area contributed by atoms with Gasteiger partial charge in [0.1, 0.15) is 11.6 Å². The standard InChI is InChI=1S/C23H27ClN4O4S/c1-17-25-12-14-27(17)19-8-6-18(7-9-19)16-26-23(29)5-4-13-28(33(3,30)31)20-10-11-22(32-2)21(24)15-20/h6-12,14-15H,4-5,13,16H2,1-3H3,(H,26,29). The molecule has 1 aromatic heterocycles. The molecule has 0 radical (unpaired) electrons. The molecule has 0 aliphatic carbocycles. The summed E-state index contributed by atoms with van der Waals surface area (Å²) in [5, 5.41) is 3.19. The number of ether oxygens (including phenoxy) is 1. The number of benzene rings is 2. The number of hydrogen-bond acceptors (Lipinski definition) is 5. The van der Waals surface area contributed by atoms with E-state index in [4.69, 9.17) is 16.3 Å². The molecule has 33 heavy (non-hydrogen) atoms. The second-order valence-electron chi connectivity index (χ2n) is 7.55. The predicted octanol–water partition coefficient (Wildman–Crippen LogP) is 3.71. The maximum atomic E-state index is 12.3. The van der Waals surface area contributed by atoms with Crippen LogP contribution in [0, 0.1) is 6.92 Å². The van der Waals surface area contributed by atoms with Crippen LogP contribution in [-0.2, 0) is 21.4 Å². The Balaban J connectivity index is 1.52. The number of nitrogens with one attached hydrogen (secondary N) is 1. The summed E-state index contributed by atoms with van der Waals surface area (Å²) in [6.07, 6.45) is 5.33. The Bertz CT molecular complexity index is 1210. The first-order chi connectivity index (χ1) is 15.7. The van der Waals surface area contributed by atoms with Crippen LogP contribution in [0.25, 0.3) is 5.69 Å². The van der Waals surface area contributed by atoms with Crippen LogP contribution in [0.5, 0.6) is 5.75 Å². The maximum Gasteiger partial charge on any atom is 0.232 e. The maximum absolute atomic E-state index is 12.3. The molecule has 0 saturated heterocycles. The molecule has 2 aromatic carbocycles. The summed E-state index contributed by atoms with van der Waals surface area (Å²) in [7, 11) is -2.05. The van der Waals surface area contributed by atoms with Gasteiger partial charge in [-0.3, -0.25) is 9.10 Å². The van der Waals surface area contributed by atoms with Crippen molar-refractivity contribution in [1.29, 1.82) is 0 Å². The highest BCUT2D eigenvalue weighted by Gasteiger charge is 2.19. The van der Waals surface area contributed by atoms with Gasteiger partial charge in [-0.2, -0.15) is 0 Å². The number of imidazole rings is 1. The Morgan fingerprint density at radius 1 is 1.21 bits per heavy atom. The molecule has 0 aliphatic rings. The summed E-state index contributed by atoms with van der Waals surface area (Å²) < 4.78 is 32.9. The largest absolute Gasteiger partial charge is 0.495 e. The van der Waals surface area contributed by atoms with Crippen LogP contribution in [-0.4, -0.2) is 43.8 Å². The van der Waals surface area contributed by atoms with Crippen molar-refractivity contribution < 1.29 is 17.9 Å². The molecular formula is C23H27ClN4O4S. The normalized spacial score (nSPS) is 11.3. The van der Waals surface area contributed by atoms with Crippen molar-refractivity contribution in [3.8, 4) is 11.4 Å². The van der Waals surface area contributed by atoms with Crippen molar-refractivity contribution in [3.63, 3.8) is 0 Å². The molecular weight excluding hydrogens is 464 g/mol. The van der Waals surface area contributed by atoms with Crippen LogP contribution in [0.1, 0.15) is 24.2 Å². The number of carbonyl (C=O) groups excluding carboxylic acids is 1. The fraction of sp³-hybridized carbons (Fsp3) is 0.304. The summed E-state index contributed by atoms with van der Waals surface area (Å²) in [6, 6.07) is 12.6. The van der Waals surface area contributed by atoms with Crippen LogP contribution < -0.4 is 14.4 Å². The minimum atomic E-state index is -3.54. The third kappa shape index (κ3) is 6.49. The Labute approximate surface area is 199 Å². The van der Waals surface area contributed by atoms with Gasteiger partial charge in [-0.15, -0.1) is 0 Å². The molecule has 0 bridgehead atoms. The highest BCUT2D eigenvalue weighted by atomic mass is 35.5. The molecule has 1 amide bonds. The van der Waals surface area contributed by atoms with E-state index in [9.17, 15) is 13.2 Å². The van der Waals surface area contributed by atoms with Gasteiger partial charge in [0, 0.05) is 37.6 Å². The van der Waals surface area contributed by atoms with E-state index in [1.165, 1.54) is 17.5 Å². The lowest BCUT2D eigenvalue weighted by Crippen LogP contribution is -2.32. The van der Waals surface area contributed by atoms with Gasteiger partial charge >= 0.3 is 0 Å². The van der Waals surface area contributed by atoms with E-state index in [0.29, 0.717) is 29.4 Å². The zero-order valence-corrected chi connectivity index (χ0v) is 20.4. The first-order valence-electron chi connectivity index (χ1n) is 10.4. The molecule has 0 aliphatic heterocycles. The Kier molecular flexibility index (Phi) is 7.99. The molecule has 3 rings (SSSR count). The monoisotopic (exact) mass is 490 g/mol. The quantitative estimate of drug-likeness (QED) is 0.467. The lowest BCUT2D eigenvalue weighted by atomic mass is 10.2. The fourth-order valence-electron chi connectivity index (χ4n) is 3.39. The van der Waals surface area contributed by atoms with E-state index in [0.717, 1.165) is 23.3 Å². The second-order valence-corrected chi connectivity index (χ2v) is 9.86. The number of amides is 1. The van der Waals surface area contributed by atoms with Crippen molar-refractivity contribution in [2.75, 3.05) is 24.2 Å². The number of sulfonamides is 1. The van der Waals surface area contributed by atoms with Gasteiger partial charge in [0.05, 0.1) is 24.1 Å². The van der Waals surface area contributed by atoms with Gasteiger partial charge in [-0.25, -0.2) is 13.4 Å². The minimum Gasteiger partial charge on any atom is -0.495 e. The van der Waals surface area contributed by atoms with Crippen molar-refractivity contribution in [2.24, 2.45) is 0 Å². The Hall–Kier alpha value is -3.04. The van der Waals surface area contributed by atoms with Gasteiger partial charge < -0.3 is 14.6 Å². The number of rotatable bonds is 10. The van der Waals surface area contributed by atoms with Crippen molar-refractivity contribution >= 4 is 33.2 Å². The van der Waals surface area contributed by atoms with Crippen LogP contribution in [0.15, 0.2) is 54.9 Å². The molecule has 1 N–H and O–H groups in total. The number of aromatic nitrogens is 2. The number of nitrogens with zero attached hydrogens (tertiary/aromatic N) is 3. The van der Waals surface area contributed by atoms with E-state index in [1.807, 2.05) is 42.0 Å². The van der Waals surface area contributed by atoms with Crippen LogP contribution in [0.3, 0.4) is 0 Å². The van der Waals surface area contributed by atoms with Crippen molar-refractivity contribution in [2.45, 2.75) is 26.3 Å². The van der Waals surface area contributed by atoms with Crippen LogP contribution in [0.4, 0.5) is 5.69 Å². The van der Waals surface area contributed by atoms with E-state index >= 15 is 0 Å². The number of carbonyl (C=O) groups is 1. The van der Waals surface area contributed by atoms with Crippen molar-refractivity contribution in [3.05, 3.63) is 71.3 Å². The number of aryl methyl sites for hydroxylation is 1. The third-order valence-corrected chi connectivity index (χ3v) is 6.61. The first kappa shape index (κ1) is 24.6. The number of hydrogen-bond donors (Lipinski definition) is 1. The molecule has 0 fully saturated rings. The predicted molar refractivity (Wildman–Crippen MR) is 130 cm³/mol. The first-order valence-corrected chi connectivity index (χ1v) is 12.6. The van der Waals surface area contributed by atoms with E-state index in [1.54, 1.807) is 18.3 Å². The van der Waals surface area contributed by atoms with Gasteiger partial charge in [-0.05, 0) is 49.2 Å². The third-order valence-electron chi connectivity index (χ3n) is 5.12. The topological polar surface area (TPSA) is 93.5 Å². The molecule has 10 heteroatoms. The molecule has 0 atom stereocenters. The zero-order chi connectivity index (χ0) is 24.0. The van der Waals surface area contributed by atoms with Gasteiger partial charge in [0.25, 0.3) is 0 Å². The summed E-state index contributed by atoms with van der Waals surface area (Å²) in [6.45, 7) is 2.49. The highest BCUT2D eigenvalue weighted by Crippen LogP contribution is 2.30. The zero-order valence-electron chi connectivity index (χ0n) is 18.8. The van der Waals surface area contributed by atoms with Gasteiger partial charge in [0.2, 0.25) is 15.9 Å². The fourth-order valence-corrected chi connectivity index (χ4v) is 4.60. The molecule has 8 nitrogen and oxygen atoms in total. The lowest BCUT2D eigenvalue weighted by molar-refractivity contribution is -0.121. The van der Waals surface area contributed by atoms with Gasteiger partial charge in [0.15, 0.2) is 0 Å². The molecule has 3 aromatic rings. The Morgan fingerprint density at radius 3 is 2.52 bits per heavy atom. The molecule has 176 valence electrons. The van der Waals surface area contributed by atoms with Crippen LogP contribution in [0.2, 0.25) is 5.02 Å². The van der Waals surface area contributed by atoms with E-state index < -0.39 is 10.0 Å². The average Bonchev–Trinajstić information content (AvgIpc) is 3.20. The number of anilines is 1. The van der Waals surface area contributed by atoms with Crippen molar-refractivity contribution in [1.82, 2.24) is 14.9 Å². The van der Waals surface area contributed by atoms with E-state index in [2.05, 4.69) is 10.3 Å². The van der Waals surface area contributed by atoms with Crippen LogP contribution >= 0.6 is 11.6 Å². The molecule has 0 spiro atoms. The summed E-state index contributed by atoms with van der Waals surface area (Å²) in [4.78, 5) is 16.5. The molecule has 0 saturated carbocycles. The molecule has 1 heterocycles. The lowest BCUT2D eigenvalue weighted by Gasteiger charge is -2.23. The van der Waals surface area contributed by atoms with Gasteiger partial charge in [-0.1, -0.05) is 23.7 Å². The SMILES string of the molecule is COc1ccc(N(CCCC(=O)NCc2ccc(-n3ccnc3C)cc2)S(C)(=O)=O)cc1Cl. The number of halogens is 1.